The van der Waals surface area contributed by atoms with Crippen molar-refractivity contribution >= 4 is 39.2 Å². The average Bonchev–Trinajstić information content (AvgIpc) is 3.10. The molecule has 2 aromatic heterocycles. The molecule has 5 nitrogen and oxygen atoms in total. The zero-order valence-electron chi connectivity index (χ0n) is 17.2. The van der Waals surface area contributed by atoms with Gasteiger partial charge in [-0.05, 0) is 43.7 Å². The summed E-state index contributed by atoms with van der Waals surface area (Å²) in [6.45, 7) is 3.70. The summed E-state index contributed by atoms with van der Waals surface area (Å²) in [4.78, 5) is 32.2. The first-order valence-electron chi connectivity index (χ1n) is 9.66. The van der Waals surface area contributed by atoms with E-state index in [-0.39, 0.29) is 17.3 Å². The molecule has 1 amide bonds. The molecule has 31 heavy (non-hydrogen) atoms. The average molecular weight is 454 g/mol. The van der Waals surface area contributed by atoms with Crippen LogP contribution >= 0.6 is 23.1 Å². The Morgan fingerprint density at radius 2 is 1.84 bits per heavy atom. The van der Waals surface area contributed by atoms with Gasteiger partial charge in [-0.2, -0.15) is 0 Å². The lowest BCUT2D eigenvalue weighted by atomic mass is 10.0. The van der Waals surface area contributed by atoms with Gasteiger partial charge in [-0.1, -0.05) is 42.1 Å². The number of carbonyl (C=O) groups excluding carboxylic acids is 1. The molecule has 0 spiro atoms. The molecule has 8 heteroatoms. The molecule has 1 unspecified atom stereocenters. The topological polar surface area (TPSA) is 64.0 Å². The molecule has 0 radical (unpaired) electrons. The predicted octanol–water partition coefficient (Wildman–Crippen LogP) is 4.79. The van der Waals surface area contributed by atoms with E-state index in [2.05, 4.69) is 5.32 Å². The van der Waals surface area contributed by atoms with Crippen molar-refractivity contribution in [3.05, 3.63) is 75.6 Å². The molecule has 0 fully saturated rings. The van der Waals surface area contributed by atoms with Crippen LogP contribution in [-0.2, 0) is 4.79 Å². The highest BCUT2D eigenvalue weighted by atomic mass is 32.2. The first-order valence-corrected chi connectivity index (χ1v) is 11.4. The summed E-state index contributed by atoms with van der Waals surface area (Å²) in [5, 5.41) is 3.15. The fourth-order valence-electron chi connectivity index (χ4n) is 3.41. The predicted molar refractivity (Wildman–Crippen MR) is 125 cm³/mol. The Labute approximate surface area is 187 Å². The van der Waals surface area contributed by atoms with Crippen LogP contribution in [-0.4, -0.2) is 27.8 Å². The van der Waals surface area contributed by atoms with Crippen molar-refractivity contribution in [3.8, 4) is 16.8 Å². The Balaban J connectivity index is 2.00. The van der Waals surface area contributed by atoms with Crippen LogP contribution in [0.2, 0.25) is 0 Å². The largest absolute Gasteiger partial charge is 0.358 e. The van der Waals surface area contributed by atoms with Gasteiger partial charge in [0.25, 0.3) is 5.56 Å². The third-order valence-electron chi connectivity index (χ3n) is 4.92. The van der Waals surface area contributed by atoms with Gasteiger partial charge in [-0.3, -0.25) is 14.2 Å². The number of benzene rings is 2. The summed E-state index contributed by atoms with van der Waals surface area (Å²) >= 11 is 2.66. The highest BCUT2D eigenvalue weighted by Crippen LogP contribution is 2.37. The molecule has 0 aliphatic carbocycles. The summed E-state index contributed by atoms with van der Waals surface area (Å²) < 4.78 is 15.0. The number of amides is 1. The van der Waals surface area contributed by atoms with E-state index in [0.717, 1.165) is 16.0 Å². The maximum atomic E-state index is 13.8. The molecule has 0 saturated heterocycles. The second-order valence-electron chi connectivity index (χ2n) is 6.97. The third kappa shape index (κ3) is 4.00. The summed E-state index contributed by atoms with van der Waals surface area (Å²) in [5.74, 6) is -0.476. The number of para-hydroxylation sites is 1. The van der Waals surface area contributed by atoms with E-state index in [1.54, 1.807) is 30.7 Å². The van der Waals surface area contributed by atoms with Crippen LogP contribution in [0.25, 0.3) is 27.0 Å². The second kappa shape index (κ2) is 8.64. The van der Waals surface area contributed by atoms with Crippen LogP contribution in [0.15, 0.2) is 64.5 Å². The normalized spacial score (nSPS) is 12.1. The van der Waals surface area contributed by atoms with Gasteiger partial charge in [0.1, 0.15) is 10.6 Å². The molecule has 0 aliphatic heterocycles. The number of rotatable bonds is 5. The molecular formula is C23H20FN3O2S2. The van der Waals surface area contributed by atoms with Crippen molar-refractivity contribution < 1.29 is 9.18 Å². The van der Waals surface area contributed by atoms with E-state index in [0.29, 0.717) is 21.1 Å². The molecular weight excluding hydrogens is 433 g/mol. The lowest BCUT2D eigenvalue weighted by molar-refractivity contribution is -0.119. The van der Waals surface area contributed by atoms with E-state index in [1.807, 2.05) is 37.3 Å². The highest BCUT2D eigenvalue weighted by molar-refractivity contribution is 8.00. The number of aryl methyl sites for hydroxylation is 1. The number of hydrogen-bond donors (Lipinski definition) is 1. The molecule has 2 heterocycles. The minimum atomic E-state index is -0.429. The molecule has 158 valence electrons. The SMILES string of the molecule is CNC(=O)C(C)Sc1nc2sc(C)c(-c3ccc(F)cc3)c2c(=O)n1-c1ccccc1. The molecule has 2 aromatic carbocycles. The Bertz CT molecular complexity index is 1310. The van der Waals surface area contributed by atoms with Crippen molar-refractivity contribution in [1.82, 2.24) is 14.9 Å². The number of thiophene rings is 1. The zero-order valence-corrected chi connectivity index (χ0v) is 18.8. The molecule has 4 rings (SSSR count). The number of carbonyl (C=O) groups is 1. The van der Waals surface area contributed by atoms with Crippen LogP contribution in [0.3, 0.4) is 0 Å². The van der Waals surface area contributed by atoms with Crippen molar-refractivity contribution in [2.75, 3.05) is 7.05 Å². The number of nitrogens with one attached hydrogen (secondary N) is 1. The molecule has 0 aliphatic rings. The summed E-state index contributed by atoms with van der Waals surface area (Å²) in [5.41, 5.74) is 1.98. The van der Waals surface area contributed by atoms with Crippen LogP contribution in [0.4, 0.5) is 4.39 Å². The highest BCUT2D eigenvalue weighted by Gasteiger charge is 2.23. The summed E-state index contributed by atoms with van der Waals surface area (Å²) in [7, 11) is 1.58. The molecule has 1 N–H and O–H groups in total. The number of nitrogens with zero attached hydrogens (tertiary/aromatic N) is 2. The monoisotopic (exact) mass is 453 g/mol. The van der Waals surface area contributed by atoms with Gasteiger partial charge < -0.3 is 5.32 Å². The van der Waals surface area contributed by atoms with Crippen LogP contribution in [0.5, 0.6) is 0 Å². The fraction of sp³-hybridized carbons (Fsp3) is 0.174. The zero-order chi connectivity index (χ0) is 22.1. The molecule has 0 bridgehead atoms. The van der Waals surface area contributed by atoms with Crippen molar-refractivity contribution in [1.29, 1.82) is 0 Å². The van der Waals surface area contributed by atoms with Crippen LogP contribution in [0.1, 0.15) is 11.8 Å². The van der Waals surface area contributed by atoms with Gasteiger partial charge >= 0.3 is 0 Å². The maximum Gasteiger partial charge on any atom is 0.268 e. The molecule has 1 atom stereocenters. The standard InChI is InChI=1S/C23H20FN3O2S2/c1-13-18(15-9-11-16(24)12-10-15)19-21(30-13)26-23(31-14(2)20(28)25-3)27(22(19)29)17-7-5-4-6-8-17/h4-12,14H,1-3H3,(H,25,28). The third-order valence-corrected chi connectivity index (χ3v) is 6.97. The van der Waals surface area contributed by atoms with Gasteiger partial charge in [0, 0.05) is 17.5 Å². The minimum absolute atomic E-state index is 0.145. The number of fused-ring (bicyclic) bond motifs is 1. The van der Waals surface area contributed by atoms with Gasteiger partial charge in [-0.15, -0.1) is 11.3 Å². The van der Waals surface area contributed by atoms with Crippen molar-refractivity contribution in [3.63, 3.8) is 0 Å². The first-order chi connectivity index (χ1) is 14.9. The Morgan fingerprint density at radius 1 is 1.16 bits per heavy atom. The van der Waals surface area contributed by atoms with Gasteiger partial charge in [0.05, 0.1) is 16.3 Å². The fourth-order valence-corrected chi connectivity index (χ4v) is 5.48. The lowest BCUT2D eigenvalue weighted by Crippen LogP contribution is -2.29. The Hall–Kier alpha value is -2.97. The lowest BCUT2D eigenvalue weighted by Gasteiger charge is -2.15. The van der Waals surface area contributed by atoms with Gasteiger partial charge in [0.2, 0.25) is 5.91 Å². The van der Waals surface area contributed by atoms with Crippen LogP contribution in [0, 0.1) is 12.7 Å². The smallest absolute Gasteiger partial charge is 0.268 e. The van der Waals surface area contributed by atoms with E-state index < -0.39 is 5.25 Å². The van der Waals surface area contributed by atoms with Gasteiger partial charge in [0.15, 0.2) is 5.16 Å². The van der Waals surface area contributed by atoms with E-state index in [4.69, 9.17) is 4.98 Å². The summed E-state index contributed by atoms with van der Waals surface area (Å²) in [6.07, 6.45) is 0. The quantitative estimate of drug-likeness (QED) is 0.349. The van der Waals surface area contributed by atoms with Crippen LogP contribution < -0.4 is 10.9 Å². The van der Waals surface area contributed by atoms with Crippen molar-refractivity contribution in [2.24, 2.45) is 0 Å². The maximum absolute atomic E-state index is 13.8. The molecule has 0 saturated carbocycles. The second-order valence-corrected chi connectivity index (χ2v) is 9.48. The number of thioether (sulfide) groups is 1. The Morgan fingerprint density at radius 3 is 2.48 bits per heavy atom. The first kappa shape index (κ1) is 21.3. The number of aromatic nitrogens is 2. The van der Waals surface area contributed by atoms with E-state index in [9.17, 15) is 14.0 Å². The van der Waals surface area contributed by atoms with Gasteiger partial charge in [-0.25, -0.2) is 9.37 Å². The number of halogens is 1. The minimum Gasteiger partial charge on any atom is -0.358 e. The van der Waals surface area contributed by atoms with Crippen molar-refractivity contribution in [2.45, 2.75) is 24.3 Å². The Kier molecular flexibility index (Phi) is 5.93. The molecule has 4 aromatic rings. The summed E-state index contributed by atoms with van der Waals surface area (Å²) in [6, 6.07) is 15.4. The number of hydrogen-bond acceptors (Lipinski definition) is 5. The van der Waals surface area contributed by atoms with E-state index >= 15 is 0 Å². The van der Waals surface area contributed by atoms with E-state index in [1.165, 1.54) is 35.2 Å².